The second kappa shape index (κ2) is 6.75. The minimum Gasteiger partial charge on any atom is -0.378 e. The van der Waals surface area contributed by atoms with Crippen LogP contribution in [0, 0.1) is 12.8 Å². The van der Waals surface area contributed by atoms with Gasteiger partial charge in [-0.2, -0.15) is 4.31 Å². The molecule has 1 N–H and O–H groups in total. The summed E-state index contributed by atoms with van der Waals surface area (Å²) >= 11 is 0. The molecule has 0 bridgehead atoms. The van der Waals surface area contributed by atoms with Crippen molar-refractivity contribution in [3.8, 4) is 0 Å². The molecule has 146 valence electrons. The molecule has 0 amide bonds. The first-order valence-corrected chi connectivity index (χ1v) is 11.6. The Morgan fingerprint density at radius 2 is 1.79 bits per heavy atom. The monoisotopic (exact) mass is 394 g/mol. The second-order valence-corrected chi connectivity index (χ2v) is 10.2. The average molecular weight is 395 g/mol. The summed E-state index contributed by atoms with van der Waals surface area (Å²) in [5, 5.41) is 3.70. The van der Waals surface area contributed by atoms with Gasteiger partial charge in [-0.1, -0.05) is 42.0 Å². The molecule has 4 nitrogen and oxygen atoms in total. The summed E-state index contributed by atoms with van der Waals surface area (Å²) in [6.07, 6.45) is 7.43. The molecule has 1 saturated heterocycles. The summed E-state index contributed by atoms with van der Waals surface area (Å²) in [7, 11) is -3.39. The van der Waals surface area contributed by atoms with Crippen LogP contribution in [-0.2, 0) is 10.0 Å². The van der Waals surface area contributed by atoms with Crippen molar-refractivity contribution in [2.75, 3.05) is 18.4 Å². The van der Waals surface area contributed by atoms with E-state index < -0.39 is 10.0 Å². The van der Waals surface area contributed by atoms with Crippen molar-refractivity contribution in [3.05, 3.63) is 71.3 Å². The maximum Gasteiger partial charge on any atom is 0.243 e. The molecule has 2 heterocycles. The van der Waals surface area contributed by atoms with Gasteiger partial charge in [0.1, 0.15) is 0 Å². The first-order chi connectivity index (χ1) is 13.5. The summed E-state index contributed by atoms with van der Waals surface area (Å²) in [5.41, 5.74) is 4.72. The van der Waals surface area contributed by atoms with Gasteiger partial charge in [0.05, 0.1) is 10.9 Å². The van der Waals surface area contributed by atoms with E-state index in [1.807, 2.05) is 12.1 Å². The molecule has 28 heavy (non-hydrogen) atoms. The Labute approximate surface area is 167 Å². The fraction of sp³-hybridized carbons (Fsp3) is 0.391. The highest BCUT2D eigenvalue weighted by atomic mass is 32.2. The quantitative estimate of drug-likeness (QED) is 0.774. The van der Waals surface area contributed by atoms with Gasteiger partial charge in [0.15, 0.2) is 0 Å². The number of nitrogens with one attached hydrogen (secondary N) is 1. The smallest absolute Gasteiger partial charge is 0.243 e. The molecular formula is C23H26N2O2S. The van der Waals surface area contributed by atoms with Crippen LogP contribution in [0.2, 0.25) is 0 Å². The predicted octanol–water partition coefficient (Wildman–Crippen LogP) is 4.61. The van der Waals surface area contributed by atoms with E-state index in [9.17, 15) is 8.42 Å². The van der Waals surface area contributed by atoms with Gasteiger partial charge < -0.3 is 5.32 Å². The van der Waals surface area contributed by atoms with Crippen LogP contribution in [0.1, 0.15) is 47.9 Å². The van der Waals surface area contributed by atoms with Crippen molar-refractivity contribution in [2.24, 2.45) is 5.92 Å². The number of benzene rings is 2. The van der Waals surface area contributed by atoms with Gasteiger partial charge in [-0.25, -0.2) is 8.42 Å². The SMILES string of the molecule is Cc1ccc(C2Nc3ccc(S(=O)(=O)N4CCCC4)cc3C3C=CCC32)cc1. The maximum atomic E-state index is 13.0. The third-order valence-corrected chi connectivity index (χ3v) is 8.37. The van der Waals surface area contributed by atoms with Gasteiger partial charge in [0, 0.05) is 24.7 Å². The zero-order chi connectivity index (χ0) is 19.3. The van der Waals surface area contributed by atoms with Crippen LogP contribution in [0.3, 0.4) is 0 Å². The third kappa shape index (κ3) is 2.88. The molecule has 1 aliphatic carbocycles. The molecule has 5 rings (SSSR count). The summed E-state index contributed by atoms with van der Waals surface area (Å²) in [6.45, 7) is 3.38. The van der Waals surface area contributed by atoms with Crippen LogP contribution >= 0.6 is 0 Å². The van der Waals surface area contributed by atoms with Crippen molar-refractivity contribution in [3.63, 3.8) is 0 Å². The first kappa shape index (κ1) is 18.0. The molecule has 0 saturated carbocycles. The summed E-state index contributed by atoms with van der Waals surface area (Å²) in [5.74, 6) is 0.677. The lowest BCUT2D eigenvalue weighted by molar-refractivity contribution is 0.424. The summed E-state index contributed by atoms with van der Waals surface area (Å²) < 4.78 is 27.7. The summed E-state index contributed by atoms with van der Waals surface area (Å²) in [4.78, 5) is 0.433. The van der Waals surface area contributed by atoms with Gasteiger partial charge in [0.2, 0.25) is 10.0 Å². The maximum absolute atomic E-state index is 13.0. The van der Waals surface area contributed by atoms with Crippen LogP contribution in [-0.4, -0.2) is 25.8 Å². The number of anilines is 1. The van der Waals surface area contributed by atoms with Crippen LogP contribution in [0.4, 0.5) is 5.69 Å². The van der Waals surface area contributed by atoms with Crippen LogP contribution in [0.5, 0.6) is 0 Å². The lowest BCUT2D eigenvalue weighted by Gasteiger charge is -2.38. The topological polar surface area (TPSA) is 49.4 Å². The molecule has 2 aliphatic heterocycles. The fourth-order valence-electron chi connectivity index (χ4n) is 4.91. The van der Waals surface area contributed by atoms with E-state index in [2.05, 4.69) is 48.7 Å². The largest absolute Gasteiger partial charge is 0.378 e. The highest BCUT2D eigenvalue weighted by Gasteiger charge is 2.39. The molecule has 3 atom stereocenters. The lowest BCUT2D eigenvalue weighted by Crippen LogP contribution is -2.30. The number of fused-ring (bicyclic) bond motifs is 3. The lowest BCUT2D eigenvalue weighted by atomic mass is 9.77. The minimum atomic E-state index is -3.39. The highest BCUT2D eigenvalue weighted by molar-refractivity contribution is 7.89. The van der Waals surface area contributed by atoms with E-state index in [1.54, 1.807) is 10.4 Å². The van der Waals surface area contributed by atoms with E-state index >= 15 is 0 Å². The Morgan fingerprint density at radius 1 is 1.04 bits per heavy atom. The van der Waals surface area contributed by atoms with Crippen molar-refractivity contribution < 1.29 is 8.42 Å². The number of sulfonamides is 1. The van der Waals surface area contributed by atoms with Crippen LogP contribution < -0.4 is 5.32 Å². The van der Waals surface area contributed by atoms with Gasteiger partial charge in [-0.3, -0.25) is 0 Å². The Morgan fingerprint density at radius 3 is 2.54 bits per heavy atom. The van der Waals surface area contributed by atoms with Crippen molar-refractivity contribution in [1.29, 1.82) is 0 Å². The first-order valence-electron chi connectivity index (χ1n) is 10.2. The zero-order valence-electron chi connectivity index (χ0n) is 16.1. The van der Waals surface area contributed by atoms with Crippen LogP contribution in [0.15, 0.2) is 59.5 Å². The number of rotatable bonds is 3. The molecule has 0 aromatic heterocycles. The highest BCUT2D eigenvalue weighted by Crippen LogP contribution is 2.50. The molecule has 1 fully saturated rings. The molecule has 2 aromatic carbocycles. The average Bonchev–Trinajstić information content (AvgIpc) is 3.40. The molecule has 3 unspecified atom stereocenters. The Balaban J connectivity index is 1.53. The minimum absolute atomic E-state index is 0.245. The van der Waals surface area contributed by atoms with Gasteiger partial charge in [-0.05, 0) is 61.4 Å². The Hall–Kier alpha value is -2.11. The molecule has 2 aromatic rings. The van der Waals surface area contributed by atoms with Crippen LogP contribution in [0.25, 0.3) is 0 Å². The zero-order valence-corrected chi connectivity index (χ0v) is 17.0. The number of allylic oxidation sites excluding steroid dienone is 2. The molecule has 5 heteroatoms. The Bertz CT molecular complexity index is 1020. The van der Waals surface area contributed by atoms with Crippen molar-refractivity contribution in [1.82, 2.24) is 4.31 Å². The predicted molar refractivity (Wildman–Crippen MR) is 112 cm³/mol. The standard InChI is InChI=1S/C23H26N2O2S/c1-16-7-9-17(10-8-16)23-20-6-4-5-19(20)21-15-18(11-12-22(21)24-23)28(26,27)25-13-2-3-14-25/h4-5,7-12,15,19-20,23-24H,2-3,6,13-14H2,1H3. The normalized spacial score (nSPS) is 26.7. The molecular weight excluding hydrogens is 368 g/mol. The van der Waals surface area contributed by atoms with Crippen molar-refractivity contribution in [2.45, 2.75) is 43.0 Å². The van der Waals surface area contributed by atoms with Gasteiger partial charge >= 0.3 is 0 Å². The van der Waals surface area contributed by atoms with E-state index in [-0.39, 0.29) is 12.0 Å². The number of hydrogen-bond donors (Lipinski definition) is 1. The van der Waals surface area contributed by atoms with Gasteiger partial charge in [-0.15, -0.1) is 0 Å². The fourth-order valence-corrected chi connectivity index (χ4v) is 6.47. The molecule has 3 aliphatic rings. The number of aryl methyl sites for hydroxylation is 1. The van der Waals surface area contributed by atoms with E-state index in [4.69, 9.17) is 0 Å². The van der Waals surface area contributed by atoms with Gasteiger partial charge in [0.25, 0.3) is 0 Å². The Kier molecular flexibility index (Phi) is 4.33. The number of nitrogens with zero attached hydrogens (tertiary/aromatic N) is 1. The molecule has 0 radical (unpaired) electrons. The molecule has 0 spiro atoms. The third-order valence-electron chi connectivity index (χ3n) is 6.47. The number of hydrogen-bond acceptors (Lipinski definition) is 3. The van der Waals surface area contributed by atoms with E-state index in [0.29, 0.717) is 23.9 Å². The second-order valence-electron chi connectivity index (χ2n) is 8.25. The van der Waals surface area contributed by atoms with E-state index in [0.717, 1.165) is 30.5 Å². The van der Waals surface area contributed by atoms with E-state index in [1.165, 1.54) is 11.1 Å². The van der Waals surface area contributed by atoms with Crippen molar-refractivity contribution >= 4 is 15.7 Å². The summed E-state index contributed by atoms with van der Waals surface area (Å²) in [6, 6.07) is 14.6.